The lowest BCUT2D eigenvalue weighted by Gasteiger charge is -2.32. The van der Waals surface area contributed by atoms with Crippen LogP contribution >= 0.6 is 0 Å². The molecule has 1 heterocycles. The monoisotopic (exact) mass is 362 g/mol. The molecule has 3 nitrogen and oxygen atoms in total. The van der Waals surface area contributed by atoms with Crippen molar-refractivity contribution in [3.63, 3.8) is 0 Å². The van der Waals surface area contributed by atoms with Crippen molar-refractivity contribution >= 4 is 5.91 Å². The lowest BCUT2D eigenvalue weighted by atomic mass is 9.97. The second-order valence-electron chi connectivity index (χ2n) is 9.01. The Balaban J connectivity index is 1.98. The minimum Gasteiger partial charge on any atom is -0.319 e. The number of carbonyl (C=O) groups excluding carboxylic acids is 1. The van der Waals surface area contributed by atoms with Gasteiger partial charge in [-0.15, -0.1) is 0 Å². The van der Waals surface area contributed by atoms with Gasteiger partial charge >= 0.3 is 0 Å². The van der Waals surface area contributed by atoms with E-state index in [1.165, 1.54) is 76.2 Å². The third kappa shape index (κ3) is 6.40. The second kappa shape index (κ2) is 11.1. The summed E-state index contributed by atoms with van der Waals surface area (Å²) in [6, 6.07) is 0.551. The predicted molar refractivity (Wildman–Crippen MR) is 111 cm³/mol. The summed E-state index contributed by atoms with van der Waals surface area (Å²) in [6.45, 7) is 9.50. The smallest absolute Gasteiger partial charge is 0.251 e. The number of carbonyl (C=O) groups is 1. The highest BCUT2D eigenvalue weighted by Gasteiger charge is 2.35. The summed E-state index contributed by atoms with van der Waals surface area (Å²) in [7, 11) is 0. The van der Waals surface area contributed by atoms with Crippen LogP contribution in [0.2, 0.25) is 0 Å². The van der Waals surface area contributed by atoms with Gasteiger partial charge in [0.2, 0.25) is 0 Å². The van der Waals surface area contributed by atoms with E-state index in [1.54, 1.807) is 0 Å². The number of amides is 1. The van der Waals surface area contributed by atoms with Crippen LogP contribution in [0.5, 0.6) is 0 Å². The van der Waals surface area contributed by atoms with Crippen LogP contribution in [0.15, 0.2) is 11.1 Å². The van der Waals surface area contributed by atoms with Crippen molar-refractivity contribution in [3.8, 4) is 0 Å². The number of rotatable bonds is 5. The van der Waals surface area contributed by atoms with Crippen LogP contribution in [0.1, 0.15) is 105 Å². The van der Waals surface area contributed by atoms with Crippen LogP contribution in [-0.2, 0) is 4.79 Å². The molecule has 1 amide bonds. The molecule has 0 aromatic rings. The van der Waals surface area contributed by atoms with E-state index in [-0.39, 0.29) is 12.1 Å². The minimum atomic E-state index is 0.124. The highest BCUT2D eigenvalue weighted by Crippen LogP contribution is 2.26. The van der Waals surface area contributed by atoms with Crippen molar-refractivity contribution in [1.82, 2.24) is 10.2 Å². The Kier molecular flexibility index (Phi) is 9.18. The van der Waals surface area contributed by atoms with Crippen molar-refractivity contribution < 1.29 is 4.79 Å². The predicted octanol–water partition coefficient (Wildman–Crippen LogP) is 5.80. The zero-order valence-corrected chi connectivity index (χ0v) is 17.8. The Labute approximate surface area is 162 Å². The molecule has 3 heteroatoms. The summed E-state index contributed by atoms with van der Waals surface area (Å²) in [4.78, 5) is 14.8. The molecule has 1 aliphatic carbocycles. The van der Waals surface area contributed by atoms with Crippen LogP contribution in [0.25, 0.3) is 0 Å². The van der Waals surface area contributed by atoms with Gasteiger partial charge in [-0.05, 0) is 44.6 Å². The van der Waals surface area contributed by atoms with E-state index in [9.17, 15) is 4.79 Å². The van der Waals surface area contributed by atoms with E-state index < -0.39 is 0 Å². The zero-order valence-electron chi connectivity index (χ0n) is 17.8. The first-order valence-corrected chi connectivity index (χ1v) is 11.2. The lowest BCUT2D eigenvalue weighted by molar-refractivity contribution is -0.127. The Hall–Kier alpha value is -0.830. The number of nitrogens with one attached hydrogen (secondary N) is 1. The molecule has 1 N–H and O–H groups in total. The van der Waals surface area contributed by atoms with Crippen LogP contribution in [0.3, 0.4) is 0 Å². The molecule has 2 rings (SSSR count). The van der Waals surface area contributed by atoms with Gasteiger partial charge in [0.05, 0.1) is 0 Å². The third-order valence-corrected chi connectivity index (χ3v) is 6.34. The van der Waals surface area contributed by atoms with Crippen molar-refractivity contribution in [3.05, 3.63) is 11.1 Å². The summed E-state index contributed by atoms with van der Waals surface area (Å²) in [6.07, 6.45) is 16.2. The number of nitrogens with zero attached hydrogens (tertiary/aromatic N) is 1. The fraction of sp³-hybridized carbons (Fsp3) is 0.870. The molecule has 26 heavy (non-hydrogen) atoms. The number of hydrogen-bond acceptors (Lipinski definition) is 2. The summed E-state index contributed by atoms with van der Waals surface area (Å²) < 4.78 is 0. The summed E-state index contributed by atoms with van der Waals surface area (Å²) in [5.74, 6) is 0.875. The molecule has 1 atom stereocenters. The first kappa shape index (κ1) is 21.5. The molecule has 0 radical (unpaired) electrons. The molecule has 0 saturated heterocycles. The van der Waals surface area contributed by atoms with Gasteiger partial charge in [0.15, 0.2) is 0 Å². The van der Waals surface area contributed by atoms with Gasteiger partial charge in [-0.2, -0.15) is 0 Å². The van der Waals surface area contributed by atoms with Gasteiger partial charge < -0.3 is 4.90 Å². The number of hydrogen-bond donors (Lipinski definition) is 1. The summed E-state index contributed by atoms with van der Waals surface area (Å²) in [5, 5.41) is 3.90. The van der Waals surface area contributed by atoms with Crippen molar-refractivity contribution in [2.45, 2.75) is 117 Å². The van der Waals surface area contributed by atoms with E-state index in [2.05, 4.69) is 31.0 Å². The Morgan fingerprint density at radius 2 is 1.42 bits per heavy atom. The molecule has 1 fully saturated rings. The molecule has 0 bridgehead atoms. The fourth-order valence-corrected chi connectivity index (χ4v) is 4.34. The topological polar surface area (TPSA) is 32.3 Å². The maximum absolute atomic E-state index is 12.7. The van der Waals surface area contributed by atoms with E-state index in [1.807, 2.05) is 6.92 Å². The average Bonchev–Trinajstić information content (AvgIpc) is 2.79. The van der Waals surface area contributed by atoms with Crippen molar-refractivity contribution in [2.24, 2.45) is 5.92 Å². The molecular weight excluding hydrogens is 320 g/mol. The van der Waals surface area contributed by atoms with E-state index in [4.69, 9.17) is 0 Å². The minimum absolute atomic E-state index is 0.124. The molecule has 2 aliphatic rings. The second-order valence-corrected chi connectivity index (χ2v) is 9.01. The Morgan fingerprint density at radius 1 is 0.923 bits per heavy atom. The first-order valence-electron chi connectivity index (χ1n) is 11.2. The largest absolute Gasteiger partial charge is 0.319 e. The van der Waals surface area contributed by atoms with Crippen LogP contribution in [0, 0.1) is 5.92 Å². The maximum atomic E-state index is 12.7. The lowest BCUT2D eigenvalue weighted by Crippen LogP contribution is -2.49. The van der Waals surface area contributed by atoms with E-state index in [0.717, 1.165) is 18.5 Å². The van der Waals surface area contributed by atoms with Crippen LogP contribution < -0.4 is 5.32 Å². The third-order valence-electron chi connectivity index (χ3n) is 6.34. The molecule has 1 aliphatic heterocycles. The Morgan fingerprint density at radius 3 is 1.92 bits per heavy atom. The van der Waals surface area contributed by atoms with Crippen LogP contribution in [0.4, 0.5) is 0 Å². The summed E-state index contributed by atoms with van der Waals surface area (Å²) >= 11 is 0. The van der Waals surface area contributed by atoms with Gasteiger partial charge in [-0.1, -0.05) is 71.6 Å². The van der Waals surface area contributed by atoms with Gasteiger partial charge in [-0.3, -0.25) is 10.1 Å². The summed E-state index contributed by atoms with van der Waals surface area (Å²) in [5.41, 5.74) is 2.20. The normalized spacial score (nSPS) is 24.9. The molecule has 0 spiro atoms. The van der Waals surface area contributed by atoms with E-state index in [0.29, 0.717) is 12.0 Å². The quantitative estimate of drug-likeness (QED) is 0.670. The van der Waals surface area contributed by atoms with Crippen LogP contribution in [-0.4, -0.2) is 29.6 Å². The first-order chi connectivity index (χ1) is 12.5. The molecule has 0 unspecified atom stereocenters. The average molecular weight is 363 g/mol. The molecule has 1 saturated carbocycles. The van der Waals surface area contributed by atoms with Gasteiger partial charge in [0.1, 0.15) is 6.17 Å². The molecule has 0 aromatic heterocycles. The standard InChI is InChI=1S/C23H42N2O/c1-18(2)16-17-25-22(19(3)20(4)23(25)26)24-21-14-12-10-8-6-5-7-9-11-13-15-21/h18,21-22,24H,5-17H2,1-4H3/t22-/m0/s1. The highest BCUT2D eigenvalue weighted by molar-refractivity contribution is 5.96. The van der Waals surface area contributed by atoms with Gasteiger partial charge in [0.25, 0.3) is 5.91 Å². The maximum Gasteiger partial charge on any atom is 0.251 e. The zero-order chi connectivity index (χ0) is 18.9. The SMILES string of the molecule is CC1=C(C)[C@@H](NC2CCCCCCCCCCC2)N(CCC(C)C)C1=O. The van der Waals surface area contributed by atoms with Gasteiger partial charge in [-0.25, -0.2) is 0 Å². The fourth-order valence-electron chi connectivity index (χ4n) is 4.34. The molecular formula is C23H42N2O. The highest BCUT2D eigenvalue weighted by atomic mass is 16.2. The van der Waals surface area contributed by atoms with Crippen molar-refractivity contribution in [1.29, 1.82) is 0 Å². The Bertz CT molecular complexity index is 457. The van der Waals surface area contributed by atoms with E-state index >= 15 is 0 Å². The molecule has 0 aromatic carbocycles. The molecule has 150 valence electrons. The van der Waals surface area contributed by atoms with Crippen molar-refractivity contribution in [2.75, 3.05) is 6.54 Å². The van der Waals surface area contributed by atoms with Gasteiger partial charge in [0, 0.05) is 18.2 Å².